The molecule has 1 atom stereocenters. The van der Waals surface area contributed by atoms with Crippen LogP contribution in [0.25, 0.3) is 0 Å². The standard InChI is InChI=1S/C15H22O2/c1-5-8-12(6-2)13-9-10-14(17-7-3)15(11-13)16-4/h5,9-12H,1,6-8H2,2-4H3. The molecule has 0 aliphatic carbocycles. The zero-order valence-corrected chi connectivity index (χ0v) is 11.0. The van der Waals surface area contributed by atoms with Crippen LogP contribution in [0.4, 0.5) is 0 Å². The lowest BCUT2D eigenvalue weighted by Gasteiger charge is -2.16. The summed E-state index contributed by atoms with van der Waals surface area (Å²) in [6.07, 6.45) is 4.06. The molecule has 1 aromatic carbocycles. The molecule has 0 N–H and O–H groups in total. The molecule has 0 spiro atoms. The molecule has 0 saturated heterocycles. The highest BCUT2D eigenvalue weighted by Gasteiger charge is 2.11. The Balaban J connectivity index is 2.98. The van der Waals surface area contributed by atoms with E-state index in [9.17, 15) is 0 Å². The average molecular weight is 234 g/mol. The van der Waals surface area contributed by atoms with Gasteiger partial charge in [-0.3, -0.25) is 0 Å². The summed E-state index contributed by atoms with van der Waals surface area (Å²) < 4.78 is 10.9. The van der Waals surface area contributed by atoms with Gasteiger partial charge in [0, 0.05) is 0 Å². The molecule has 1 unspecified atom stereocenters. The summed E-state index contributed by atoms with van der Waals surface area (Å²) in [5, 5.41) is 0. The van der Waals surface area contributed by atoms with Gasteiger partial charge < -0.3 is 9.47 Å². The zero-order valence-electron chi connectivity index (χ0n) is 11.0. The van der Waals surface area contributed by atoms with Gasteiger partial charge in [0.15, 0.2) is 11.5 Å². The maximum atomic E-state index is 5.51. The van der Waals surface area contributed by atoms with Gasteiger partial charge in [0.2, 0.25) is 0 Å². The number of hydrogen-bond acceptors (Lipinski definition) is 2. The predicted octanol–water partition coefficient (Wildman–Crippen LogP) is 4.16. The molecule has 0 radical (unpaired) electrons. The van der Waals surface area contributed by atoms with Crippen LogP contribution in [0, 0.1) is 0 Å². The SMILES string of the molecule is C=CCC(CC)c1ccc(OCC)c(OC)c1. The molecule has 0 bridgehead atoms. The van der Waals surface area contributed by atoms with Gasteiger partial charge in [-0.25, -0.2) is 0 Å². The normalized spacial score (nSPS) is 11.9. The summed E-state index contributed by atoms with van der Waals surface area (Å²) in [5.74, 6) is 2.14. The molecule has 2 nitrogen and oxygen atoms in total. The number of ether oxygens (including phenoxy) is 2. The van der Waals surface area contributed by atoms with E-state index in [2.05, 4.69) is 25.6 Å². The Morgan fingerprint density at radius 2 is 2.06 bits per heavy atom. The monoisotopic (exact) mass is 234 g/mol. The number of benzene rings is 1. The molecule has 17 heavy (non-hydrogen) atoms. The Labute approximate surface area is 104 Å². The van der Waals surface area contributed by atoms with Crippen LogP contribution in [0.5, 0.6) is 11.5 Å². The van der Waals surface area contributed by atoms with Gasteiger partial charge in [0.05, 0.1) is 13.7 Å². The van der Waals surface area contributed by atoms with E-state index in [1.54, 1.807) is 7.11 Å². The molecule has 2 heteroatoms. The first-order chi connectivity index (χ1) is 8.26. The van der Waals surface area contributed by atoms with E-state index in [-0.39, 0.29) is 0 Å². The van der Waals surface area contributed by atoms with Crippen LogP contribution in [-0.4, -0.2) is 13.7 Å². The second kappa shape index (κ2) is 7.00. The molecule has 0 aliphatic heterocycles. The number of hydrogen-bond donors (Lipinski definition) is 0. The van der Waals surface area contributed by atoms with Crippen molar-refractivity contribution in [3.05, 3.63) is 36.4 Å². The van der Waals surface area contributed by atoms with Crippen molar-refractivity contribution in [1.82, 2.24) is 0 Å². The highest BCUT2D eigenvalue weighted by Crippen LogP contribution is 2.33. The van der Waals surface area contributed by atoms with Crippen molar-refractivity contribution in [2.24, 2.45) is 0 Å². The van der Waals surface area contributed by atoms with Gasteiger partial charge in [-0.1, -0.05) is 19.1 Å². The van der Waals surface area contributed by atoms with Crippen LogP contribution in [0.15, 0.2) is 30.9 Å². The van der Waals surface area contributed by atoms with E-state index in [1.807, 2.05) is 19.1 Å². The topological polar surface area (TPSA) is 18.5 Å². The molecule has 0 heterocycles. The van der Waals surface area contributed by atoms with Crippen molar-refractivity contribution in [3.8, 4) is 11.5 Å². The molecule has 1 rings (SSSR count). The number of methoxy groups -OCH3 is 1. The maximum absolute atomic E-state index is 5.51. The van der Waals surface area contributed by atoms with Crippen molar-refractivity contribution in [3.63, 3.8) is 0 Å². The van der Waals surface area contributed by atoms with Crippen LogP contribution in [0.2, 0.25) is 0 Å². The molecule has 0 saturated carbocycles. The quantitative estimate of drug-likeness (QED) is 0.659. The van der Waals surface area contributed by atoms with Gasteiger partial charge >= 0.3 is 0 Å². The van der Waals surface area contributed by atoms with E-state index < -0.39 is 0 Å². The Bertz CT molecular complexity index is 358. The van der Waals surface area contributed by atoms with Crippen molar-refractivity contribution in [2.75, 3.05) is 13.7 Å². The third-order valence-electron chi connectivity index (χ3n) is 2.90. The van der Waals surface area contributed by atoms with Gasteiger partial charge in [-0.15, -0.1) is 6.58 Å². The molecular weight excluding hydrogens is 212 g/mol. The average Bonchev–Trinajstić information content (AvgIpc) is 2.37. The number of allylic oxidation sites excluding steroid dienone is 1. The van der Waals surface area contributed by atoms with Crippen molar-refractivity contribution in [2.45, 2.75) is 32.6 Å². The lowest BCUT2D eigenvalue weighted by Crippen LogP contribution is -1.99. The maximum Gasteiger partial charge on any atom is 0.161 e. The minimum atomic E-state index is 0.511. The predicted molar refractivity (Wildman–Crippen MR) is 72.0 cm³/mol. The van der Waals surface area contributed by atoms with E-state index >= 15 is 0 Å². The van der Waals surface area contributed by atoms with Crippen molar-refractivity contribution < 1.29 is 9.47 Å². The van der Waals surface area contributed by atoms with Crippen LogP contribution in [-0.2, 0) is 0 Å². The first kappa shape index (κ1) is 13.6. The summed E-state index contributed by atoms with van der Waals surface area (Å²) >= 11 is 0. The molecule has 94 valence electrons. The molecule has 1 aromatic rings. The van der Waals surface area contributed by atoms with Crippen LogP contribution < -0.4 is 9.47 Å². The lowest BCUT2D eigenvalue weighted by molar-refractivity contribution is 0.310. The molecule has 0 aromatic heterocycles. The Kier molecular flexibility index (Phi) is 5.61. The van der Waals surface area contributed by atoms with Crippen molar-refractivity contribution >= 4 is 0 Å². The zero-order chi connectivity index (χ0) is 12.7. The molecule has 0 amide bonds. The van der Waals surface area contributed by atoms with Crippen molar-refractivity contribution in [1.29, 1.82) is 0 Å². The second-order valence-corrected chi connectivity index (χ2v) is 3.97. The molecule has 0 aliphatic rings. The fraction of sp³-hybridized carbons (Fsp3) is 0.467. The summed E-state index contributed by atoms with van der Waals surface area (Å²) in [6, 6.07) is 6.18. The van der Waals surface area contributed by atoms with E-state index in [0.29, 0.717) is 12.5 Å². The third kappa shape index (κ3) is 3.52. The largest absolute Gasteiger partial charge is 0.493 e. The second-order valence-electron chi connectivity index (χ2n) is 3.97. The number of rotatable bonds is 7. The first-order valence-electron chi connectivity index (χ1n) is 6.18. The highest BCUT2D eigenvalue weighted by atomic mass is 16.5. The third-order valence-corrected chi connectivity index (χ3v) is 2.90. The summed E-state index contributed by atoms with van der Waals surface area (Å²) in [4.78, 5) is 0. The highest BCUT2D eigenvalue weighted by molar-refractivity contribution is 5.44. The molecular formula is C15H22O2. The van der Waals surface area contributed by atoms with Gasteiger partial charge in [0.25, 0.3) is 0 Å². The smallest absolute Gasteiger partial charge is 0.161 e. The van der Waals surface area contributed by atoms with E-state index in [4.69, 9.17) is 9.47 Å². The van der Waals surface area contributed by atoms with Crippen LogP contribution in [0.1, 0.15) is 38.2 Å². The summed E-state index contributed by atoms with van der Waals surface area (Å²) in [6.45, 7) is 8.62. The fourth-order valence-electron chi connectivity index (χ4n) is 1.95. The Morgan fingerprint density at radius 3 is 2.59 bits per heavy atom. The lowest BCUT2D eigenvalue weighted by atomic mass is 9.93. The minimum absolute atomic E-state index is 0.511. The fourth-order valence-corrected chi connectivity index (χ4v) is 1.95. The summed E-state index contributed by atoms with van der Waals surface area (Å²) in [5.41, 5.74) is 1.28. The van der Waals surface area contributed by atoms with Crippen LogP contribution in [0.3, 0.4) is 0 Å². The first-order valence-corrected chi connectivity index (χ1v) is 6.18. The Hall–Kier alpha value is -1.44. The minimum Gasteiger partial charge on any atom is -0.493 e. The van der Waals surface area contributed by atoms with Gasteiger partial charge in [-0.2, -0.15) is 0 Å². The molecule has 0 fully saturated rings. The van der Waals surface area contributed by atoms with E-state index in [0.717, 1.165) is 24.3 Å². The Morgan fingerprint density at radius 1 is 1.29 bits per heavy atom. The summed E-state index contributed by atoms with van der Waals surface area (Å²) in [7, 11) is 1.68. The van der Waals surface area contributed by atoms with Gasteiger partial charge in [0.1, 0.15) is 0 Å². The van der Waals surface area contributed by atoms with Gasteiger partial charge in [-0.05, 0) is 43.4 Å². The van der Waals surface area contributed by atoms with Crippen LogP contribution >= 0.6 is 0 Å². The van der Waals surface area contributed by atoms with E-state index in [1.165, 1.54) is 5.56 Å².